The number of halogens is 4. The zero-order valence-corrected chi connectivity index (χ0v) is 17.4. The van der Waals surface area contributed by atoms with Crippen LogP contribution < -0.4 is 5.32 Å². The van der Waals surface area contributed by atoms with Gasteiger partial charge in [-0.25, -0.2) is 9.97 Å². The molecule has 156 valence electrons. The van der Waals surface area contributed by atoms with Gasteiger partial charge in [0.1, 0.15) is 5.03 Å². The number of carbonyl (C=O) groups is 1. The highest BCUT2D eigenvalue weighted by Crippen LogP contribution is 2.30. The van der Waals surface area contributed by atoms with E-state index in [0.29, 0.717) is 33.7 Å². The van der Waals surface area contributed by atoms with E-state index in [0.717, 1.165) is 17.7 Å². The van der Waals surface area contributed by atoms with E-state index in [-0.39, 0.29) is 11.7 Å². The highest BCUT2D eigenvalue weighted by atomic mass is 35.5. The number of benzene rings is 2. The lowest BCUT2D eigenvalue weighted by atomic mass is 10.1. The van der Waals surface area contributed by atoms with Crippen LogP contribution in [0.4, 0.5) is 13.2 Å². The van der Waals surface area contributed by atoms with Crippen LogP contribution in [0, 0.1) is 6.92 Å². The Kier molecular flexibility index (Phi) is 6.99. The second-order valence-electron chi connectivity index (χ2n) is 6.44. The molecule has 1 heterocycles. The molecule has 0 radical (unpaired) electrons. The first kappa shape index (κ1) is 22.1. The standard InChI is InChI=1S/C21H17ClF3N3OS/c1-13-10-19(30-12-18(29)26-11-14-2-8-17(22)9-3-14)28-20(27-13)15-4-6-16(7-5-15)21(23,24)25/h2-10H,11-12H2,1H3,(H,26,29). The van der Waals surface area contributed by atoms with Crippen molar-refractivity contribution in [2.75, 3.05) is 5.75 Å². The number of amides is 1. The lowest BCUT2D eigenvalue weighted by Gasteiger charge is -2.09. The molecule has 1 aromatic heterocycles. The lowest BCUT2D eigenvalue weighted by Crippen LogP contribution is -2.24. The van der Waals surface area contributed by atoms with Crippen molar-refractivity contribution >= 4 is 29.3 Å². The first-order chi connectivity index (χ1) is 14.2. The number of hydrogen-bond acceptors (Lipinski definition) is 4. The molecule has 0 unspecified atom stereocenters. The molecule has 4 nitrogen and oxygen atoms in total. The molecule has 0 atom stereocenters. The van der Waals surface area contributed by atoms with Crippen LogP contribution in [0.25, 0.3) is 11.4 Å². The topological polar surface area (TPSA) is 54.9 Å². The summed E-state index contributed by atoms with van der Waals surface area (Å²) in [5.74, 6) is 0.298. The van der Waals surface area contributed by atoms with Crippen molar-refractivity contribution in [3.8, 4) is 11.4 Å². The Balaban J connectivity index is 1.62. The molecule has 0 bridgehead atoms. The van der Waals surface area contributed by atoms with Crippen molar-refractivity contribution in [2.45, 2.75) is 24.7 Å². The van der Waals surface area contributed by atoms with Gasteiger partial charge >= 0.3 is 6.18 Å². The van der Waals surface area contributed by atoms with Crippen LogP contribution in [0.2, 0.25) is 5.02 Å². The van der Waals surface area contributed by atoms with Gasteiger partial charge in [-0.3, -0.25) is 4.79 Å². The van der Waals surface area contributed by atoms with Crippen molar-refractivity contribution in [3.63, 3.8) is 0 Å². The second-order valence-corrected chi connectivity index (χ2v) is 7.87. The minimum atomic E-state index is -4.40. The Morgan fingerprint density at radius 2 is 1.73 bits per heavy atom. The molecular weight excluding hydrogens is 435 g/mol. The molecule has 3 aromatic rings. The van der Waals surface area contributed by atoms with Gasteiger partial charge in [0.05, 0.1) is 11.3 Å². The van der Waals surface area contributed by atoms with Gasteiger partial charge in [0.15, 0.2) is 5.82 Å². The highest BCUT2D eigenvalue weighted by Gasteiger charge is 2.30. The zero-order chi connectivity index (χ0) is 21.7. The maximum atomic E-state index is 12.7. The van der Waals surface area contributed by atoms with Gasteiger partial charge in [0.2, 0.25) is 5.91 Å². The Morgan fingerprint density at radius 3 is 2.37 bits per heavy atom. The van der Waals surface area contributed by atoms with Crippen molar-refractivity contribution in [3.05, 3.63) is 76.4 Å². The Hall–Kier alpha value is -2.58. The smallest absolute Gasteiger partial charge is 0.351 e. The molecular formula is C21H17ClF3N3OS. The molecule has 0 spiro atoms. The molecule has 3 rings (SSSR count). The molecule has 1 N–H and O–H groups in total. The Labute approximate surface area is 180 Å². The average Bonchev–Trinajstić information content (AvgIpc) is 2.71. The Morgan fingerprint density at radius 1 is 1.07 bits per heavy atom. The van der Waals surface area contributed by atoms with Crippen LogP contribution in [-0.4, -0.2) is 21.6 Å². The SMILES string of the molecule is Cc1cc(SCC(=O)NCc2ccc(Cl)cc2)nc(-c2ccc(C(F)(F)F)cc2)n1. The van der Waals surface area contributed by atoms with E-state index in [4.69, 9.17) is 11.6 Å². The van der Waals surface area contributed by atoms with Crippen molar-refractivity contribution in [1.82, 2.24) is 15.3 Å². The summed E-state index contributed by atoms with van der Waals surface area (Å²) in [6.45, 7) is 2.15. The highest BCUT2D eigenvalue weighted by molar-refractivity contribution is 7.99. The molecule has 30 heavy (non-hydrogen) atoms. The van der Waals surface area contributed by atoms with E-state index in [9.17, 15) is 18.0 Å². The number of aryl methyl sites for hydroxylation is 1. The maximum Gasteiger partial charge on any atom is 0.416 e. The summed E-state index contributed by atoms with van der Waals surface area (Å²) < 4.78 is 38.2. The molecule has 0 aliphatic rings. The third-order valence-electron chi connectivity index (χ3n) is 4.06. The zero-order valence-electron chi connectivity index (χ0n) is 15.8. The number of aromatic nitrogens is 2. The van der Waals surface area contributed by atoms with Crippen LogP contribution in [0.3, 0.4) is 0 Å². The fourth-order valence-corrected chi connectivity index (χ4v) is 3.46. The number of rotatable bonds is 6. The largest absolute Gasteiger partial charge is 0.416 e. The van der Waals surface area contributed by atoms with Gasteiger partial charge in [0, 0.05) is 22.8 Å². The normalized spacial score (nSPS) is 11.4. The number of alkyl halides is 3. The van der Waals surface area contributed by atoms with E-state index in [1.807, 2.05) is 12.1 Å². The first-order valence-electron chi connectivity index (χ1n) is 8.88. The van der Waals surface area contributed by atoms with Crippen LogP contribution in [0.1, 0.15) is 16.8 Å². The van der Waals surface area contributed by atoms with E-state index in [1.54, 1.807) is 25.1 Å². The van der Waals surface area contributed by atoms with Gasteiger partial charge < -0.3 is 5.32 Å². The van der Waals surface area contributed by atoms with E-state index < -0.39 is 11.7 Å². The van der Waals surface area contributed by atoms with Crippen molar-refractivity contribution < 1.29 is 18.0 Å². The maximum absolute atomic E-state index is 12.7. The number of nitrogens with zero attached hydrogens (tertiary/aromatic N) is 2. The van der Waals surface area contributed by atoms with Crippen molar-refractivity contribution in [2.24, 2.45) is 0 Å². The molecule has 0 saturated heterocycles. The molecule has 0 aliphatic heterocycles. The third kappa shape index (κ3) is 6.21. The van der Waals surface area contributed by atoms with E-state index >= 15 is 0 Å². The summed E-state index contributed by atoms with van der Waals surface area (Å²) in [6.07, 6.45) is -4.40. The van der Waals surface area contributed by atoms with Gasteiger partial charge in [-0.1, -0.05) is 47.6 Å². The van der Waals surface area contributed by atoms with E-state index in [2.05, 4.69) is 15.3 Å². The number of carbonyl (C=O) groups excluding carboxylic acids is 1. The summed E-state index contributed by atoms with van der Waals surface area (Å²) in [7, 11) is 0. The number of thioether (sulfide) groups is 1. The van der Waals surface area contributed by atoms with Gasteiger partial charge in [-0.05, 0) is 42.8 Å². The summed E-state index contributed by atoms with van der Waals surface area (Å²) >= 11 is 7.07. The molecule has 0 fully saturated rings. The fraction of sp³-hybridized carbons (Fsp3) is 0.190. The molecule has 9 heteroatoms. The first-order valence-corrected chi connectivity index (χ1v) is 10.2. The predicted molar refractivity (Wildman–Crippen MR) is 111 cm³/mol. The van der Waals surface area contributed by atoms with Gasteiger partial charge in [-0.2, -0.15) is 13.2 Å². The minimum Gasteiger partial charge on any atom is -0.351 e. The predicted octanol–water partition coefficient (Wildman–Crippen LogP) is 5.53. The van der Waals surface area contributed by atoms with Crippen LogP contribution in [0.5, 0.6) is 0 Å². The quantitative estimate of drug-likeness (QED) is 0.395. The average molecular weight is 452 g/mol. The lowest BCUT2D eigenvalue weighted by molar-refractivity contribution is -0.137. The molecule has 0 saturated carbocycles. The van der Waals surface area contributed by atoms with E-state index in [1.165, 1.54) is 23.9 Å². The van der Waals surface area contributed by atoms with Gasteiger partial charge in [-0.15, -0.1) is 0 Å². The summed E-state index contributed by atoms with van der Waals surface area (Å²) in [6, 6.07) is 13.6. The van der Waals surface area contributed by atoms with Crippen LogP contribution in [0.15, 0.2) is 59.6 Å². The van der Waals surface area contributed by atoms with Crippen LogP contribution in [-0.2, 0) is 17.5 Å². The molecule has 0 aliphatic carbocycles. The fourth-order valence-electron chi connectivity index (χ4n) is 2.54. The third-order valence-corrected chi connectivity index (χ3v) is 5.22. The summed E-state index contributed by atoms with van der Waals surface area (Å²) in [4.78, 5) is 20.8. The number of hydrogen-bond donors (Lipinski definition) is 1. The van der Waals surface area contributed by atoms with Gasteiger partial charge in [0.25, 0.3) is 0 Å². The molecule has 1 amide bonds. The summed E-state index contributed by atoms with van der Waals surface area (Å²) in [5.41, 5.74) is 1.33. The van der Waals surface area contributed by atoms with Crippen LogP contribution >= 0.6 is 23.4 Å². The van der Waals surface area contributed by atoms with Crippen molar-refractivity contribution in [1.29, 1.82) is 0 Å². The Bertz CT molecular complexity index is 1030. The monoisotopic (exact) mass is 451 g/mol. The summed E-state index contributed by atoms with van der Waals surface area (Å²) in [5, 5.41) is 4.01. The molecule has 2 aromatic carbocycles. The second kappa shape index (κ2) is 9.49. The minimum absolute atomic E-state index is 0.149. The number of nitrogens with one attached hydrogen (secondary N) is 1.